The molecule has 2 unspecified atom stereocenters. The van der Waals surface area contributed by atoms with Gasteiger partial charge in [-0.2, -0.15) is 0 Å². The molecule has 0 fully saturated rings. The van der Waals surface area contributed by atoms with E-state index in [9.17, 15) is 10.2 Å². The molecular weight excluding hydrogens is 704 g/mol. The van der Waals surface area contributed by atoms with E-state index in [2.05, 4.69) is 32.6 Å². The first-order valence-electron chi connectivity index (χ1n) is 18.4. The first-order chi connectivity index (χ1) is 20.5. The van der Waals surface area contributed by atoms with Gasteiger partial charge >= 0.3 is 0 Å². The van der Waals surface area contributed by atoms with Gasteiger partial charge in [0.2, 0.25) is 0 Å². The summed E-state index contributed by atoms with van der Waals surface area (Å²) in [5.74, 6) is 0. The van der Waals surface area contributed by atoms with E-state index in [0.717, 1.165) is 96.7 Å². The third-order valence-corrected chi connectivity index (χ3v) is 7.74. The number of rotatable bonds is 30. The van der Waals surface area contributed by atoms with Crippen LogP contribution >= 0.6 is 0 Å². The summed E-state index contributed by atoms with van der Waals surface area (Å²) in [6.45, 7) is 12.5. The van der Waals surface area contributed by atoms with Gasteiger partial charge in [0.25, 0.3) is 0 Å². The Labute approximate surface area is 326 Å². The van der Waals surface area contributed by atoms with Gasteiger partial charge in [0.05, 0.1) is 18.8 Å². The SMILES string of the molecule is CCCCCCC(O)CCCC.CCCCCCC(O)CCCC.OCCCCCCN(CCO)CCCCCCO.[Y].[Y]. The minimum atomic E-state index is -0.0261. The first-order valence-corrected chi connectivity index (χ1v) is 18.4. The monoisotopic (exact) mass is 783 g/mol. The summed E-state index contributed by atoms with van der Waals surface area (Å²) in [5.41, 5.74) is 0. The summed E-state index contributed by atoms with van der Waals surface area (Å²) >= 11 is 0. The summed E-state index contributed by atoms with van der Waals surface area (Å²) in [6, 6.07) is 0. The topological polar surface area (TPSA) is 104 Å². The van der Waals surface area contributed by atoms with E-state index >= 15 is 0 Å². The second-order valence-electron chi connectivity index (χ2n) is 12.1. The summed E-state index contributed by atoms with van der Waals surface area (Å²) in [4.78, 5) is 2.32. The molecule has 0 aliphatic rings. The van der Waals surface area contributed by atoms with Crippen LogP contribution in [0.2, 0.25) is 0 Å². The van der Waals surface area contributed by atoms with Crippen molar-refractivity contribution in [3.05, 3.63) is 0 Å². The van der Waals surface area contributed by atoms with Crippen molar-refractivity contribution in [2.75, 3.05) is 39.5 Å². The van der Waals surface area contributed by atoms with Gasteiger partial charge < -0.3 is 30.4 Å². The van der Waals surface area contributed by atoms with Crippen LogP contribution in [0.1, 0.15) is 182 Å². The predicted molar refractivity (Wildman–Crippen MR) is 183 cm³/mol. The fraction of sp³-hybridized carbons (Fsp3) is 1.00. The van der Waals surface area contributed by atoms with Crippen LogP contribution in [-0.4, -0.2) is 82.1 Å². The molecule has 2 atom stereocenters. The van der Waals surface area contributed by atoms with Crippen molar-refractivity contribution < 1.29 is 91.0 Å². The van der Waals surface area contributed by atoms with Crippen molar-refractivity contribution >= 4 is 0 Å². The van der Waals surface area contributed by atoms with Crippen LogP contribution in [0.4, 0.5) is 0 Å². The maximum atomic E-state index is 9.48. The number of nitrogens with zero attached hydrogens (tertiary/aromatic N) is 1. The molecule has 0 aliphatic carbocycles. The van der Waals surface area contributed by atoms with Crippen molar-refractivity contribution in [2.45, 2.75) is 194 Å². The van der Waals surface area contributed by atoms with Crippen molar-refractivity contribution in [2.24, 2.45) is 0 Å². The van der Waals surface area contributed by atoms with Crippen LogP contribution in [0.3, 0.4) is 0 Å². The number of aliphatic hydroxyl groups excluding tert-OH is 5. The van der Waals surface area contributed by atoms with Crippen LogP contribution in [-0.2, 0) is 65.4 Å². The number of aliphatic hydroxyl groups is 5. The third kappa shape index (κ3) is 53.5. The van der Waals surface area contributed by atoms with E-state index in [0.29, 0.717) is 13.2 Å². The average molecular weight is 784 g/mol. The van der Waals surface area contributed by atoms with Gasteiger partial charge in [-0.15, -0.1) is 0 Å². The molecule has 0 spiro atoms. The Morgan fingerprint density at radius 1 is 0.364 bits per heavy atom. The molecule has 0 saturated carbocycles. The molecule has 0 amide bonds. The van der Waals surface area contributed by atoms with Crippen LogP contribution in [0.25, 0.3) is 0 Å². The zero-order chi connectivity index (χ0) is 31.9. The molecule has 44 heavy (non-hydrogen) atoms. The molecule has 6 nitrogen and oxygen atoms in total. The van der Waals surface area contributed by atoms with E-state index in [-0.39, 0.29) is 84.2 Å². The molecule has 5 N–H and O–H groups in total. The minimum absolute atomic E-state index is 0. The summed E-state index contributed by atoms with van der Waals surface area (Å²) in [5, 5.41) is 45.3. The van der Waals surface area contributed by atoms with Gasteiger partial charge in [-0.05, 0) is 64.5 Å². The molecule has 0 rings (SSSR count). The Hall–Kier alpha value is 1.97. The van der Waals surface area contributed by atoms with Gasteiger partial charge in [-0.3, -0.25) is 0 Å². The van der Waals surface area contributed by atoms with Crippen LogP contribution in [0.5, 0.6) is 0 Å². The Bertz CT molecular complexity index is 417. The van der Waals surface area contributed by atoms with E-state index in [1.165, 1.54) is 77.0 Å². The van der Waals surface area contributed by atoms with E-state index in [4.69, 9.17) is 15.3 Å². The van der Waals surface area contributed by atoms with E-state index < -0.39 is 0 Å². The molecule has 264 valence electrons. The Kier molecular flexibility index (Phi) is 65.2. The van der Waals surface area contributed by atoms with E-state index in [1.807, 2.05) is 0 Å². The number of unbranched alkanes of at least 4 members (excludes halogenated alkanes) is 14. The molecule has 0 aromatic rings. The normalized spacial score (nSPS) is 11.9. The fourth-order valence-electron chi connectivity index (χ4n) is 4.86. The van der Waals surface area contributed by atoms with Crippen molar-refractivity contribution in [1.82, 2.24) is 4.90 Å². The number of hydrogen-bond acceptors (Lipinski definition) is 6. The van der Waals surface area contributed by atoms with Crippen molar-refractivity contribution in [3.8, 4) is 0 Å². The van der Waals surface area contributed by atoms with Gasteiger partial charge in [0.15, 0.2) is 0 Å². The zero-order valence-electron chi connectivity index (χ0n) is 30.2. The minimum Gasteiger partial charge on any atom is -0.396 e. The largest absolute Gasteiger partial charge is 0.396 e. The molecule has 0 aliphatic heterocycles. The zero-order valence-corrected chi connectivity index (χ0v) is 35.9. The Morgan fingerprint density at radius 2 is 0.682 bits per heavy atom. The summed E-state index contributed by atoms with van der Waals surface area (Å²) in [7, 11) is 0. The third-order valence-electron chi connectivity index (χ3n) is 7.74. The van der Waals surface area contributed by atoms with Gasteiger partial charge in [0.1, 0.15) is 0 Å². The van der Waals surface area contributed by atoms with Gasteiger partial charge in [-0.25, -0.2) is 0 Å². The summed E-state index contributed by atoms with van der Waals surface area (Å²) < 4.78 is 0. The van der Waals surface area contributed by atoms with Crippen molar-refractivity contribution in [1.29, 1.82) is 0 Å². The fourth-order valence-corrected chi connectivity index (χ4v) is 4.86. The van der Waals surface area contributed by atoms with Crippen molar-refractivity contribution in [3.63, 3.8) is 0 Å². The second-order valence-corrected chi connectivity index (χ2v) is 12.1. The predicted octanol–water partition coefficient (Wildman–Crippen LogP) is 8.40. The summed E-state index contributed by atoms with van der Waals surface area (Å²) in [6.07, 6.45) is 27.6. The molecule has 0 saturated heterocycles. The average Bonchev–Trinajstić information content (AvgIpc) is 2.99. The molecule has 8 heteroatoms. The first kappa shape index (κ1) is 55.4. The molecule has 0 aromatic carbocycles. The maximum absolute atomic E-state index is 9.48. The van der Waals surface area contributed by atoms with E-state index in [1.54, 1.807) is 0 Å². The van der Waals surface area contributed by atoms with Crippen LogP contribution in [0.15, 0.2) is 0 Å². The van der Waals surface area contributed by atoms with Gasteiger partial charge in [-0.1, -0.05) is 130 Å². The Balaban J connectivity index is -0.000000174. The quantitative estimate of drug-likeness (QED) is 0.0470. The van der Waals surface area contributed by atoms with Crippen LogP contribution in [0, 0.1) is 0 Å². The Morgan fingerprint density at radius 3 is 1.00 bits per heavy atom. The molecule has 2 radical (unpaired) electrons. The maximum Gasteiger partial charge on any atom is 0.0558 e. The standard InChI is InChI=1S/C14H31NO3.2C11H24O.2Y/c16-12-7-3-1-5-9-15(11-14-18)10-6-2-4-8-13-17;2*1-3-5-7-8-10-11(12)9-6-4-2;;/h16-18H,1-14H2;2*11-12H,3-10H2,1-2H3;;. The van der Waals surface area contributed by atoms with Crippen LogP contribution < -0.4 is 0 Å². The molecule has 0 heterocycles. The second kappa shape index (κ2) is 51.8. The van der Waals surface area contributed by atoms with Gasteiger partial charge in [0, 0.05) is 85.2 Å². The smallest absolute Gasteiger partial charge is 0.0558 e. The molecular formula is C36H79NO5Y2. The molecule has 0 bridgehead atoms. The molecule has 0 aromatic heterocycles. The number of hydrogen-bond donors (Lipinski definition) is 5.